The van der Waals surface area contributed by atoms with Crippen LogP contribution >= 0.6 is 0 Å². The molecule has 2 rings (SSSR count). The molecule has 0 heterocycles. The Morgan fingerprint density at radius 3 is 2.33 bits per heavy atom. The summed E-state index contributed by atoms with van der Waals surface area (Å²) < 4.78 is 0. The summed E-state index contributed by atoms with van der Waals surface area (Å²) in [5.74, 6) is 2.83. The number of rotatable bonds is 5. The molecule has 106 valence electrons. The Morgan fingerprint density at radius 2 is 1.67 bits per heavy atom. The molecular weight excluding hydrogens is 220 g/mol. The Hall–Kier alpha value is -0.0400. The van der Waals surface area contributed by atoms with E-state index in [4.69, 9.17) is 0 Å². The summed E-state index contributed by atoms with van der Waals surface area (Å²) in [6.45, 7) is 2.30. The highest BCUT2D eigenvalue weighted by Crippen LogP contribution is 2.41. The van der Waals surface area contributed by atoms with Gasteiger partial charge in [0.2, 0.25) is 0 Å². The molecular formula is C17H32O. The number of hydrogen-bond donors (Lipinski definition) is 1. The van der Waals surface area contributed by atoms with Gasteiger partial charge in [0.1, 0.15) is 0 Å². The first-order valence-corrected chi connectivity index (χ1v) is 8.47. The maximum atomic E-state index is 9.81. The molecule has 0 aliphatic heterocycles. The fourth-order valence-corrected chi connectivity index (χ4v) is 4.26. The fraction of sp³-hybridized carbons (Fsp3) is 1.00. The standard InChI is InChI=1S/C17H32O/c1-2-3-4-6-14-9-11-15(12-10-14)16-7-5-8-17(18)13-16/h14-18H,2-13H2,1H3. The maximum Gasteiger partial charge on any atom is 0.0543 e. The van der Waals surface area contributed by atoms with Gasteiger partial charge in [0.15, 0.2) is 0 Å². The van der Waals surface area contributed by atoms with Crippen molar-refractivity contribution >= 4 is 0 Å². The van der Waals surface area contributed by atoms with E-state index in [2.05, 4.69) is 6.92 Å². The summed E-state index contributed by atoms with van der Waals surface area (Å²) in [4.78, 5) is 0. The quantitative estimate of drug-likeness (QED) is 0.688. The van der Waals surface area contributed by atoms with Crippen molar-refractivity contribution in [1.82, 2.24) is 0 Å². The Bertz CT molecular complexity index is 218. The maximum absolute atomic E-state index is 9.81. The second-order valence-corrected chi connectivity index (χ2v) is 6.86. The highest BCUT2D eigenvalue weighted by molar-refractivity contribution is 4.82. The minimum Gasteiger partial charge on any atom is -0.393 e. The van der Waals surface area contributed by atoms with Gasteiger partial charge in [-0.3, -0.25) is 0 Å². The molecule has 0 aromatic rings. The molecule has 0 spiro atoms. The van der Waals surface area contributed by atoms with Gasteiger partial charge in [-0.25, -0.2) is 0 Å². The van der Waals surface area contributed by atoms with Crippen molar-refractivity contribution < 1.29 is 5.11 Å². The van der Waals surface area contributed by atoms with E-state index >= 15 is 0 Å². The zero-order chi connectivity index (χ0) is 12.8. The molecule has 0 amide bonds. The van der Waals surface area contributed by atoms with Gasteiger partial charge in [-0.15, -0.1) is 0 Å². The fourth-order valence-electron chi connectivity index (χ4n) is 4.26. The van der Waals surface area contributed by atoms with E-state index < -0.39 is 0 Å². The van der Waals surface area contributed by atoms with Gasteiger partial charge in [0, 0.05) is 0 Å². The first-order chi connectivity index (χ1) is 8.79. The first kappa shape index (κ1) is 14.4. The van der Waals surface area contributed by atoms with Crippen LogP contribution in [0.2, 0.25) is 0 Å². The lowest BCUT2D eigenvalue weighted by Gasteiger charge is -2.37. The van der Waals surface area contributed by atoms with Crippen LogP contribution in [-0.4, -0.2) is 11.2 Å². The number of aliphatic hydroxyl groups is 1. The van der Waals surface area contributed by atoms with Crippen LogP contribution in [0.4, 0.5) is 0 Å². The minimum absolute atomic E-state index is 0.0195. The molecule has 18 heavy (non-hydrogen) atoms. The van der Waals surface area contributed by atoms with E-state index in [9.17, 15) is 5.11 Å². The van der Waals surface area contributed by atoms with E-state index in [1.165, 1.54) is 64.2 Å². The first-order valence-electron chi connectivity index (χ1n) is 8.47. The van der Waals surface area contributed by atoms with E-state index in [1.54, 1.807) is 0 Å². The van der Waals surface area contributed by atoms with Crippen molar-refractivity contribution in [1.29, 1.82) is 0 Å². The third kappa shape index (κ3) is 4.26. The molecule has 0 saturated heterocycles. The molecule has 2 fully saturated rings. The van der Waals surface area contributed by atoms with E-state index in [0.717, 1.165) is 30.6 Å². The van der Waals surface area contributed by atoms with E-state index in [1.807, 2.05) is 0 Å². The second-order valence-electron chi connectivity index (χ2n) is 6.86. The number of aliphatic hydroxyl groups excluding tert-OH is 1. The topological polar surface area (TPSA) is 20.2 Å². The monoisotopic (exact) mass is 252 g/mol. The molecule has 2 saturated carbocycles. The van der Waals surface area contributed by atoms with Crippen LogP contribution in [0, 0.1) is 17.8 Å². The summed E-state index contributed by atoms with van der Waals surface area (Å²) in [6.07, 6.45) is 16.4. The average Bonchev–Trinajstić information content (AvgIpc) is 2.40. The molecule has 1 heteroatoms. The number of unbranched alkanes of at least 4 members (excludes halogenated alkanes) is 2. The highest BCUT2D eigenvalue weighted by atomic mass is 16.3. The van der Waals surface area contributed by atoms with E-state index in [-0.39, 0.29) is 6.10 Å². The zero-order valence-corrected chi connectivity index (χ0v) is 12.2. The van der Waals surface area contributed by atoms with Crippen LogP contribution in [0.1, 0.15) is 84.0 Å². The van der Waals surface area contributed by atoms with Gasteiger partial charge < -0.3 is 5.11 Å². The van der Waals surface area contributed by atoms with Gasteiger partial charge in [-0.2, -0.15) is 0 Å². The van der Waals surface area contributed by atoms with Crippen LogP contribution < -0.4 is 0 Å². The van der Waals surface area contributed by atoms with Crippen molar-refractivity contribution in [3.05, 3.63) is 0 Å². The van der Waals surface area contributed by atoms with Crippen LogP contribution in [-0.2, 0) is 0 Å². The predicted molar refractivity (Wildman–Crippen MR) is 77.6 cm³/mol. The van der Waals surface area contributed by atoms with Crippen molar-refractivity contribution in [2.75, 3.05) is 0 Å². The Labute approximate surface area is 113 Å². The average molecular weight is 252 g/mol. The third-order valence-corrected chi connectivity index (χ3v) is 5.46. The Kier molecular flexibility index (Phi) is 6.01. The molecule has 2 aliphatic carbocycles. The van der Waals surface area contributed by atoms with Crippen molar-refractivity contribution in [3.63, 3.8) is 0 Å². The summed E-state index contributed by atoms with van der Waals surface area (Å²) in [5, 5.41) is 9.81. The number of hydrogen-bond acceptors (Lipinski definition) is 1. The van der Waals surface area contributed by atoms with Gasteiger partial charge >= 0.3 is 0 Å². The molecule has 1 nitrogen and oxygen atoms in total. The van der Waals surface area contributed by atoms with Crippen LogP contribution in [0.25, 0.3) is 0 Å². The molecule has 2 aliphatic rings. The van der Waals surface area contributed by atoms with Crippen LogP contribution in [0.15, 0.2) is 0 Å². The van der Waals surface area contributed by atoms with Gasteiger partial charge in [0.25, 0.3) is 0 Å². The molecule has 2 atom stereocenters. The van der Waals surface area contributed by atoms with Gasteiger partial charge in [0.05, 0.1) is 6.10 Å². The Morgan fingerprint density at radius 1 is 0.889 bits per heavy atom. The van der Waals surface area contributed by atoms with Crippen molar-refractivity contribution in [2.45, 2.75) is 90.1 Å². The van der Waals surface area contributed by atoms with Crippen molar-refractivity contribution in [2.24, 2.45) is 17.8 Å². The normalized spacial score (nSPS) is 37.7. The smallest absolute Gasteiger partial charge is 0.0543 e. The van der Waals surface area contributed by atoms with Gasteiger partial charge in [-0.1, -0.05) is 51.9 Å². The molecule has 1 N–H and O–H groups in total. The summed E-state index contributed by atoms with van der Waals surface area (Å²) in [6, 6.07) is 0. The highest BCUT2D eigenvalue weighted by Gasteiger charge is 2.30. The summed E-state index contributed by atoms with van der Waals surface area (Å²) in [7, 11) is 0. The molecule has 2 unspecified atom stereocenters. The molecule has 0 radical (unpaired) electrons. The lowest BCUT2D eigenvalue weighted by molar-refractivity contribution is 0.0640. The van der Waals surface area contributed by atoms with Crippen molar-refractivity contribution in [3.8, 4) is 0 Å². The second kappa shape index (κ2) is 7.53. The lowest BCUT2D eigenvalue weighted by Crippen LogP contribution is -2.28. The SMILES string of the molecule is CCCCCC1CCC(C2CCCC(O)C2)CC1. The zero-order valence-electron chi connectivity index (χ0n) is 12.2. The van der Waals surface area contributed by atoms with Crippen LogP contribution in [0.5, 0.6) is 0 Å². The van der Waals surface area contributed by atoms with Crippen LogP contribution in [0.3, 0.4) is 0 Å². The lowest BCUT2D eigenvalue weighted by atomic mass is 9.70. The largest absolute Gasteiger partial charge is 0.393 e. The molecule has 0 aromatic heterocycles. The predicted octanol–water partition coefficient (Wildman–Crippen LogP) is 4.92. The minimum atomic E-state index is 0.0195. The van der Waals surface area contributed by atoms with E-state index in [0.29, 0.717) is 0 Å². The molecule has 0 aromatic carbocycles. The Balaban J connectivity index is 1.66. The van der Waals surface area contributed by atoms with Gasteiger partial charge in [-0.05, 0) is 49.9 Å². The summed E-state index contributed by atoms with van der Waals surface area (Å²) >= 11 is 0. The third-order valence-electron chi connectivity index (χ3n) is 5.46. The summed E-state index contributed by atoms with van der Waals surface area (Å²) in [5.41, 5.74) is 0. The molecule has 0 bridgehead atoms.